The summed E-state index contributed by atoms with van der Waals surface area (Å²) in [6, 6.07) is 7.05. The number of hydrogen-bond donors (Lipinski definition) is 0. The Hall–Kier alpha value is -2.85. The van der Waals surface area contributed by atoms with Gasteiger partial charge in [0.15, 0.2) is 0 Å². The van der Waals surface area contributed by atoms with Crippen LogP contribution in [0.2, 0.25) is 0 Å². The molecule has 0 bridgehead atoms. The first-order valence-electron chi connectivity index (χ1n) is 10.0. The van der Waals surface area contributed by atoms with Crippen LogP contribution < -0.4 is 0 Å². The summed E-state index contributed by atoms with van der Waals surface area (Å²) in [6.45, 7) is 6.23. The van der Waals surface area contributed by atoms with Crippen molar-refractivity contribution in [3.8, 4) is 0 Å². The van der Waals surface area contributed by atoms with Crippen molar-refractivity contribution < 1.29 is 22.1 Å². The average molecular weight is 447 g/mol. The Bertz CT molecular complexity index is 1250. The number of amides is 1. The lowest BCUT2D eigenvalue weighted by Crippen LogP contribution is -2.50. The molecule has 1 amide bonds. The Labute approximate surface area is 179 Å². The number of aromatic nitrogens is 2. The van der Waals surface area contributed by atoms with Gasteiger partial charge in [-0.2, -0.15) is 4.31 Å². The number of hydrogen-bond acceptors (Lipinski definition) is 6. The summed E-state index contributed by atoms with van der Waals surface area (Å²) in [5, 5.41) is 4.50. The number of aryl methyl sites for hydroxylation is 1. The number of benzene rings is 1. The number of nitrogens with zero attached hydrogens (tertiary/aromatic N) is 4. The van der Waals surface area contributed by atoms with E-state index in [1.54, 1.807) is 17.9 Å². The summed E-state index contributed by atoms with van der Waals surface area (Å²) in [7, 11) is -3.97. The smallest absolute Gasteiger partial charge is 0.259 e. The molecule has 0 spiro atoms. The van der Waals surface area contributed by atoms with Gasteiger partial charge in [-0.3, -0.25) is 4.79 Å². The molecule has 1 saturated heterocycles. The molecular formula is C21H23FN4O4S. The zero-order chi connectivity index (χ0) is 22.3. The third-order valence-corrected chi connectivity index (χ3v) is 7.37. The zero-order valence-corrected chi connectivity index (χ0v) is 18.3. The lowest BCUT2D eigenvalue weighted by Gasteiger charge is -2.34. The van der Waals surface area contributed by atoms with Gasteiger partial charge in [0.25, 0.3) is 11.6 Å². The third-order valence-electron chi connectivity index (χ3n) is 5.44. The fourth-order valence-electron chi connectivity index (χ4n) is 3.67. The molecule has 3 aromatic rings. The minimum Gasteiger partial charge on any atom is -0.336 e. The van der Waals surface area contributed by atoms with Gasteiger partial charge in [0.1, 0.15) is 10.7 Å². The maximum atomic E-state index is 14.0. The largest absolute Gasteiger partial charge is 0.336 e. The van der Waals surface area contributed by atoms with Crippen LogP contribution in [0.15, 0.2) is 39.8 Å². The summed E-state index contributed by atoms with van der Waals surface area (Å²) >= 11 is 0. The Kier molecular flexibility index (Phi) is 5.52. The van der Waals surface area contributed by atoms with Crippen LogP contribution in [-0.2, 0) is 10.0 Å². The quantitative estimate of drug-likeness (QED) is 0.611. The third kappa shape index (κ3) is 3.81. The Morgan fingerprint density at radius 1 is 1.16 bits per heavy atom. The Morgan fingerprint density at radius 3 is 2.48 bits per heavy atom. The molecule has 0 radical (unpaired) electrons. The van der Waals surface area contributed by atoms with Gasteiger partial charge in [-0.05, 0) is 31.0 Å². The highest BCUT2D eigenvalue weighted by Crippen LogP contribution is 2.27. The highest BCUT2D eigenvalue weighted by molar-refractivity contribution is 7.89. The summed E-state index contributed by atoms with van der Waals surface area (Å²) in [6.07, 6.45) is 0. The van der Waals surface area contributed by atoms with E-state index in [4.69, 9.17) is 4.52 Å². The van der Waals surface area contributed by atoms with Gasteiger partial charge < -0.3 is 9.42 Å². The number of fused-ring (bicyclic) bond motifs is 1. The number of pyridine rings is 1. The number of piperazine rings is 1. The van der Waals surface area contributed by atoms with Gasteiger partial charge in [-0.25, -0.2) is 17.8 Å². The van der Waals surface area contributed by atoms with Crippen LogP contribution in [0.4, 0.5) is 4.39 Å². The summed E-state index contributed by atoms with van der Waals surface area (Å²) in [4.78, 5) is 19.0. The molecule has 4 rings (SSSR count). The lowest BCUT2D eigenvalue weighted by molar-refractivity contribution is 0.0699. The molecule has 8 nitrogen and oxygen atoms in total. The first-order chi connectivity index (χ1) is 14.7. The van der Waals surface area contributed by atoms with E-state index in [1.165, 1.54) is 22.5 Å². The van der Waals surface area contributed by atoms with Crippen LogP contribution in [0, 0.1) is 12.7 Å². The summed E-state index contributed by atoms with van der Waals surface area (Å²) in [5.74, 6) is -0.933. The first kappa shape index (κ1) is 21.4. The Morgan fingerprint density at radius 2 is 1.84 bits per heavy atom. The number of halogens is 1. The molecule has 31 heavy (non-hydrogen) atoms. The maximum Gasteiger partial charge on any atom is 0.259 e. The van der Waals surface area contributed by atoms with E-state index >= 15 is 0 Å². The van der Waals surface area contributed by atoms with Crippen molar-refractivity contribution in [2.45, 2.75) is 31.6 Å². The fraction of sp³-hybridized carbons (Fsp3) is 0.381. The van der Waals surface area contributed by atoms with Gasteiger partial charge in [0.2, 0.25) is 10.0 Å². The van der Waals surface area contributed by atoms with Gasteiger partial charge >= 0.3 is 0 Å². The van der Waals surface area contributed by atoms with Crippen molar-refractivity contribution in [2.75, 3.05) is 26.2 Å². The number of carbonyl (C=O) groups is 1. The van der Waals surface area contributed by atoms with Gasteiger partial charge in [0.05, 0.1) is 16.6 Å². The van der Waals surface area contributed by atoms with Crippen molar-refractivity contribution in [1.82, 2.24) is 19.3 Å². The van der Waals surface area contributed by atoms with Crippen LogP contribution >= 0.6 is 0 Å². The lowest BCUT2D eigenvalue weighted by atomic mass is 10.0. The van der Waals surface area contributed by atoms with Crippen molar-refractivity contribution in [3.63, 3.8) is 0 Å². The molecular weight excluding hydrogens is 423 g/mol. The summed E-state index contributed by atoms with van der Waals surface area (Å²) < 4.78 is 46.2. The first-order valence-corrected chi connectivity index (χ1v) is 11.4. The molecule has 1 fully saturated rings. The predicted octanol–water partition coefficient (Wildman–Crippen LogP) is 2.94. The molecule has 1 aliphatic rings. The van der Waals surface area contributed by atoms with Crippen LogP contribution in [0.3, 0.4) is 0 Å². The van der Waals surface area contributed by atoms with Gasteiger partial charge in [0, 0.05) is 31.9 Å². The van der Waals surface area contributed by atoms with Crippen molar-refractivity contribution in [3.05, 3.63) is 53.1 Å². The average Bonchev–Trinajstić information content (AvgIpc) is 3.13. The van der Waals surface area contributed by atoms with E-state index in [2.05, 4.69) is 10.1 Å². The van der Waals surface area contributed by atoms with Crippen molar-refractivity contribution >= 4 is 27.0 Å². The molecule has 0 aliphatic carbocycles. The molecule has 2 aromatic heterocycles. The molecule has 0 atom stereocenters. The van der Waals surface area contributed by atoms with Crippen LogP contribution in [0.1, 0.15) is 41.5 Å². The normalized spacial score (nSPS) is 15.7. The molecule has 0 N–H and O–H groups in total. The highest BCUT2D eigenvalue weighted by Gasteiger charge is 2.33. The monoisotopic (exact) mass is 446 g/mol. The maximum absolute atomic E-state index is 14.0. The van der Waals surface area contributed by atoms with E-state index < -0.39 is 15.8 Å². The van der Waals surface area contributed by atoms with Crippen molar-refractivity contribution in [1.29, 1.82) is 0 Å². The zero-order valence-electron chi connectivity index (χ0n) is 17.5. The standard InChI is InChI=1S/C21H23FN4O4S/c1-13(2)17-12-15(19-14(3)24-30-20(19)23-17)21(27)25-8-10-26(11-9-25)31(28,29)18-7-5-4-6-16(18)22/h4-7,12-13H,8-11H2,1-3H3. The number of sulfonamides is 1. The van der Waals surface area contributed by atoms with Crippen LogP contribution in [-0.4, -0.2) is 59.8 Å². The second-order valence-corrected chi connectivity index (χ2v) is 9.73. The molecule has 1 aliphatic heterocycles. The molecule has 164 valence electrons. The molecule has 10 heteroatoms. The minimum atomic E-state index is -3.97. The predicted molar refractivity (Wildman–Crippen MR) is 112 cm³/mol. The van der Waals surface area contributed by atoms with E-state index in [0.29, 0.717) is 28.1 Å². The molecule has 1 aromatic carbocycles. The van der Waals surface area contributed by atoms with E-state index in [-0.39, 0.29) is 42.9 Å². The summed E-state index contributed by atoms with van der Waals surface area (Å²) in [5.41, 5.74) is 2.04. The van der Waals surface area contributed by atoms with Crippen LogP contribution in [0.25, 0.3) is 11.1 Å². The van der Waals surface area contributed by atoms with Gasteiger partial charge in [-0.15, -0.1) is 0 Å². The van der Waals surface area contributed by atoms with E-state index in [9.17, 15) is 17.6 Å². The SMILES string of the molecule is Cc1noc2nc(C(C)C)cc(C(=O)N3CCN(S(=O)(=O)c4ccccc4F)CC3)c12. The topological polar surface area (TPSA) is 96.6 Å². The number of carbonyl (C=O) groups excluding carboxylic acids is 1. The van der Waals surface area contributed by atoms with E-state index in [1.807, 2.05) is 13.8 Å². The van der Waals surface area contributed by atoms with Crippen LogP contribution in [0.5, 0.6) is 0 Å². The second-order valence-electron chi connectivity index (χ2n) is 7.82. The van der Waals surface area contributed by atoms with Gasteiger partial charge in [-0.1, -0.05) is 31.1 Å². The highest BCUT2D eigenvalue weighted by atomic mass is 32.2. The number of rotatable bonds is 4. The molecule has 0 saturated carbocycles. The fourth-order valence-corrected chi connectivity index (χ4v) is 5.16. The van der Waals surface area contributed by atoms with Crippen molar-refractivity contribution in [2.24, 2.45) is 0 Å². The Balaban J connectivity index is 1.58. The molecule has 3 heterocycles. The second kappa shape index (κ2) is 8.01. The van der Waals surface area contributed by atoms with E-state index in [0.717, 1.165) is 6.07 Å². The molecule has 0 unspecified atom stereocenters. The minimum absolute atomic E-state index is 0.0797.